The number of aliphatic hydroxyl groups excluding tert-OH is 1. The van der Waals surface area contributed by atoms with Crippen molar-refractivity contribution in [1.82, 2.24) is 19.6 Å². The lowest BCUT2D eigenvalue weighted by Crippen LogP contribution is -2.46. The Morgan fingerprint density at radius 1 is 1.22 bits per heavy atom. The molecule has 4 heterocycles. The van der Waals surface area contributed by atoms with Crippen LogP contribution in [0, 0.1) is 18.3 Å². The van der Waals surface area contributed by atoms with Crippen molar-refractivity contribution in [3.05, 3.63) is 81.5 Å². The number of pyridine rings is 3. The first kappa shape index (κ1) is 25.1. The Hall–Kier alpha value is -3.54. The number of nitriles is 1. The van der Waals surface area contributed by atoms with Crippen LogP contribution < -0.4 is 10.9 Å². The molecule has 0 radical (unpaired) electrons. The summed E-state index contributed by atoms with van der Waals surface area (Å²) in [6, 6.07) is 13.4. The molecule has 1 aliphatic carbocycles. The number of aryl methyl sites for hydroxylation is 1. The molecule has 0 unspecified atom stereocenters. The highest BCUT2D eigenvalue weighted by atomic mass is 16.3. The lowest BCUT2D eigenvalue weighted by Gasteiger charge is -2.37. The molecule has 8 heteroatoms. The number of piperidine rings is 1. The molecule has 2 atom stereocenters. The van der Waals surface area contributed by atoms with E-state index in [1.165, 1.54) is 0 Å². The van der Waals surface area contributed by atoms with Gasteiger partial charge >= 0.3 is 0 Å². The minimum absolute atomic E-state index is 0.0905. The Morgan fingerprint density at radius 3 is 2.70 bits per heavy atom. The third kappa shape index (κ3) is 4.89. The van der Waals surface area contributed by atoms with Crippen LogP contribution >= 0.6 is 0 Å². The largest absolute Gasteiger partial charge is 0.391 e. The third-order valence-electron chi connectivity index (χ3n) is 8.03. The van der Waals surface area contributed by atoms with Gasteiger partial charge in [-0.1, -0.05) is 25.0 Å². The summed E-state index contributed by atoms with van der Waals surface area (Å²) in [5.41, 5.74) is 2.61. The Balaban J connectivity index is 1.42. The van der Waals surface area contributed by atoms with Gasteiger partial charge < -0.3 is 10.4 Å². The number of hydrogen-bond acceptors (Lipinski definition) is 6. The zero-order valence-electron chi connectivity index (χ0n) is 21.2. The molecule has 3 aromatic heterocycles. The van der Waals surface area contributed by atoms with Gasteiger partial charge in [-0.15, -0.1) is 0 Å². The Kier molecular flexibility index (Phi) is 7.09. The molecule has 0 bridgehead atoms. The normalized spacial score (nSPS) is 21.9. The van der Waals surface area contributed by atoms with E-state index in [0.717, 1.165) is 35.2 Å². The maximum absolute atomic E-state index is 13.4. The zero-order valence-corrected chi connectivity index (χ0v) is 21.2. The lowest BCUT2D eigenvalue weighted by atomic mass is 9.76. The number of amides is 1. The van der Waals surface area contributed by atoms with Crippen molar-refractivity contribution in [2.24, 2.45) is 0 Å². The molecule has 192 valence electrons. The van der Waals surface area contributed by atoms with Gasteiger partial charge in [-0.3, -0.25) is 23.9 Å². The van der Waals surface area contributed by atoms with Crippen LogP contribution in [-0.2, 0) is 12.0 Å². The highest BCUT2D eigenvalue weighted by Gasteiger charge is 2.38. The van der Waals surface area contributed by atoms with Crippen LogP contribution in [0.1, 0.15) is 65.7 Å². The molecule has 1 saturated carbocycles. The highest BCUT2D eigenvalue weighted by Crippen LogP contribution is 2.34. The van der Waals surface area contributed by atoms with Crippen molar-refractivity contribution in [3.8, 4) is 6.07 Å². The van der Waals surface area contributed by atoms with Crippen LogP contribution in [0.15, 0.2) is 53.6 Å². The predicted octanol–water partition coefficient (Wildman–Crippen LogP) is 3.09. The molecule has 2 fully saturated rings. The van der Waals surface area contributed by atoms with E-state index in [4.69, 9.17) is 0 Å². The van der Waals surface area contributed by atoms with Gasteiger partial charge in [0.15, 0.2) is 0 Å². The second kappa shape index (κ2) is 10.4. The van der Waals surface area contributed by atoms with Crippen molar-refractivity contribution in [3.63, 3.8) is 0 Å². The van der Waals surface area contributed by atoms with Crippen molar-refractivity contribution >= 4 is 11.4 Å². The average molecular weight is 500 g/mol. The van der Waals surface area contributed by atoms with Crippen molar-refractivity contribution in [2.45, 2.75) is 69.6 Å². The highest BCUT2D eigenvalue weighted by molar-refractivity contribution is 5.95. The monoisotopic (exact) mass is 499 g/mol. The van der Waals surface area contributed by atoms with E-state index in [9.17, 15) is 20.0 Å². The standard InChI is InChI=1S/C29H33N5O3/c1-20-7-6-14-34-26(20)21(17-22(28(34)37)27(36)32-23-8-2-3-9-24(23)35)18-33-15-11-29(19-30,12-16-33)25-10-4-5-13-31-25/h4-7,10,13-14,17,23-24,35H,2-3,8-9,11-12,15-16,18H2,1H3,(H,32,36)/t23-,24-/m0/s1. The van der Waals surface area contributed by atoms with Crippen LogP contribution in [-0.4, -0.2) is 50.5 Å². The number of nitrogens with one attached hydrogen (secondary N) is 1. The zero-order chi connectivity index (χ0) is 26.0. The number of aliphatic hydroxyl groups is 1. The SMILES string of the molecule is Cc1cccn2c(=O)c(C(=O)N[C@H]3CCCC[C@@H]3O)cc(CN3CCC(C#N)(c4ccccn4)CC3)c12. The minimum atomic E-state index is -0.602. The Labute approximate surface area is 216 Å². The number of nitrogens with zero attached hydrogens (tertiary/aromatic N) is 4. The molecular formula is C29H33N5O3. The van der Waals surface area contributed by atoms with Gasteiger partial charge in [-0.2, -0.15) is 5.26 Å². The molecule has 1 aliphatic heterocycles. The predicted molar refractivity (Wildman–Crippen MR) is 140 cm³/mol. The second-order valence-electron chi connectivity index (χ2n) is 10.4. The summed E-state index contributed by atoms with van der Waals surface area (Å²) in [5, 5.41) is 23.3. The maximum Gasteiger partial charge on any atom is 0.267 e. The summed E-state index contributed by atoms with van der Waals surface area (Å²) in [7, 11) is 0. The summed E-state index contributed by atoms with van der Waals surface area (Å²) in [4.78, 5) is 33.3. The lowest BCUT2D eigenvalue weighted by molar-refractivity contribution is 0.0716. The molecular weight excluding hydrogens is 466 g/mol. The quantitative estimate of drug-likeness (QED) is 0.558. The van der Waals surface area contributed by atoms with Crippen LogP contribution in [0.4, 0.5) is 0 Å². The van der Waals surface area contributed by atoms with Crippen LogP contribution in [0.2, 0.25) is 0 Å². The second-order valence-corrected chi connectivity index (χ2v) is 10.4. The smallest absolute Gasteiger partial charge is 0.267 e. The van der Waals surface area contributed by atoms with Gasteiger partial charge in [0.05, 0.1) is 29.4 Å². The number of carbonyl (C=O) groups excluding carboxylic acids is 1. The molecule has 8 nitrogen and oxygen atoms in total. The fourth-order valence-corrected chi connectivity index (χ4v) is 5.84. The van der Waals surface area contributed by atoms with E-state index in [1.54, 1.807) is 22.9 Å². The van der Waals surface area contributed by atoms with Gasteiger partial charge in [0.2, 0.25) is 0 Å². The Morgan fingerprint density at radius 2 is 2.00 bits per heavy atom. The van der Waals surface area contributed by atoms with Gasteiger partial charge in [0.1, 0.15) is 11.0 Å². The van der Waals surface area contributed by atoms with Crippen LogP contribution in [0.3, 0.4) is 0 Å². The maximum atomic E-state index is 13.4. The van der Waals surface area contributed by atoms with E-state index >= 15 is 0 Å². The molecule has 0 spiro atoms. The molecule has 2 N–H and O–H groups in total. The molecule has 1 saturated heterocycles. The summed E-state index contributed by atoms with van der Waals surface area (Å²) in [6.45, 7) is 3.94. The van der Waals surface area contributed by atoms with Crippen LogP contribution in [0.25, 0.3) is 5.52 Å². The number of carbonyl (C=O) groups is 1. The van der Waals surface area contributed by atoms with Crippen molar-refractivity contribution < 1.29 is 9.90 Å². The molecule has 37 heavy (non-hydrogen) atoms. The summed E-state index contributed by atoms with van der Waals surface area (Å²) in [6.07, 6.45) is 7.43. The van der Waals surface area contributed by atoms with E-state index in [-0.39, 0.29) is 17.2 Å². The summed E-state index contributed by atoms with van der Waals surface area (Å²) < 4.78 is 1.56. The fraction of sp³-hybridized carbons (Fsp3) is 0.448. The molecule has 0 aromatic carbocycles. The third-order valence-corrected chi connectivity index (χ3v) is 8.03. The van der Waals surface area contributed by atoms with Crippen molar-refractivity contribution in [1.29, 1.82) is 5.26 Å². The topological polar surface area (TPSA) is 111 Å². The number of aromatic nitrogens is 2. The first-order valence-electron chi connectivity index (χ1n) is 13.1. The molecule has 5 rings (SSSR count). The van der Waals surface area contributed by atoms with Crippen LogP contribution in [0.5, 0.6) is 0 Å². The minimum Gasteiger partial charge on any atom is -0.391 e. The van der Waals surface area contributed by atoms with Gasteiger partial charge in [0, 0.05) is 32.0 Å². The van der Waals surface area contributed by atoms with E-state index in [2.05, 4.69) is 21.3 Å². The number of likely N-dealkylation sites (tertiary alicyclic amines) is 1. The summed E-state index contributed by atoms with van der Waals surface area (Å²) >= 11 is 0. The number of fused-ring (bicyclic) bond motifs is 1. The first-order valence-corrected chi connectivity index (χ1v) is 13.1. The Bertz CT molecular complexity index is 1390. The number of rotatable bonds is 5. The number of hydrogen-bond donors (Lipinski definition) is 2. The van der Waals surface area contributed by atoms with E-state index < -0.39 is 17.4 Å². The van der Waals surface area contributed by atoms with Gasteiger partial charge in [-0.05, 0) is 68.0 Å². The van der Waals surface area contributed by atoms with Crippen molar-refractivity contribution in [2.75, 3.05) is 13.1 Å². The fourth-order valence-electron chi connectivity index (χ4n) is 5.84. The molecule has 2 aliphatic rings. The van der Waals surface area contributed by atoms with E-state index in [1.807, 2.05) is 37.3 Å². The first-order chi connectivity index (χ1) is 17.9. The van der Waals surface area contributed by atoms with Gasteiger partial charge in [0.25, 0.3) is 11.5 Å². The van der Waals surface area contributed by atoms with E-state index in [0.29, 0.717) is 45.3 Å². The van der Waals surface area contributed by atoms with Gasteiger partial charge in [-0.25, -0.2) is 0 Å². The molecule has 1 amide bonds. The summed E-state index contributed by atoms with van der Waals surface area (Å²) in [5.74, 6) is -0.439. The average Bonchev–Trinajstić information content (AvgIpc) is 2.92. The molecule has 3 aromatic rings.